The zero-order chi connectivity index (χ0) is 24.4. The van der Waals surface area contributed by atoms with Crippen molar-refractivity contribution in [2.75, 3.05) is 31.5 Å². The highest BCUT2D eigenvalue weighted by Gasteiger charge is 2.24. The molecular weight excluding hydrogens is 454 g/mol. The second-order valence-electron chi connectivity index (χ2n) is 9.68. The number of H-pyrrole nitrogens is 1. The van der Waals surface area contributed by atoms with Crippen LogP contribution in [0.15, 0.2) is 71.1 Å². The second kappa shape index (κ2) is 10.4. The summed E-state index contributed by atoms with van der Waals surface area (Å²) in [4.78, 5) is 10.7. The first-order valence-corrected chi connectivity index (χ1v) is 12.9. The topological polar surface area (TPSA) is 55.5 Å². The highest BCUT2D eigenvalue weighted by atomic mass is 35.5. The number of nitrogens with zero attached hydrogens (tertiary/aromatic N) is 2. The van der Waals surface area contributed by atoms with Gasteiger partial charge in [0.05, 0.1) is 10.7 Å². The van der Waals surface area contributed by atoms with Crippen molar-refractivity contribution < 1.29 is 0 Å². The summed E-state index contributed by atoms with van der Waals surface area (Å²) in [6, 6.07) is 13.2. The predicted octanol–water partition coefficient (Wildman–Crippen LogP) is 6.27. The van der Waals surface area contributed by atoms with Crippen LogP contribution in [-0.4, -0.2) is 41.8 Å². The Bertz CT molecular complexity index is 1290. The molecule has 182 valence electrons. The number of aliphatic imine (C=N–C) groups is 1. The third-order valence-electron chi connectivity index (χ3n) is 6.79. The van der Waals surface area contributed by atoms with Gasteiger partial charge in [0, 0.05) is 61.1 Å². The molecule has 5 nitrogen and oxygen atoms in total. The lowest BCUT2D eigenvalue weighted by molar-refractivity contribution is 0.233. The molecule has 0 unspecified atom stereocenters. The minimum atomic E-state index is 0.572. The summed E-state index contributed by atoms with van der Waals surface area (Å²) in [5.74, 6) is 1.25. The molecule has 1 saturated heterocycles. The fraction of sp³-hybridized carbons (Fsp3) is 0.345. The Morgan fingerprint density at radius 2 is 2.00 bits per heavy atom. The molecule has 3 aromatic rings. The number of allylic oxidation sites excluding steroid dienone is 2. The number of rotatable bonds is 8. The number of halogens is 1. The molecular formula is C29H34ClN5. The van der Waals surface area contributed by atoms with Gasteiger partial charge in [0.25, 0.3) is 0 Å². The van der Waals surface area contributed by atoms with Crippen LogP contribution in [0, 0.1) is 6.92 Å². The predicted molar refractivity (Wildman–Crippen MR) is 149 cm³/mol. The summed E-state index contributed by atoms with van der Waals surface area (Å²) in [6.45, 7) is 13.5. The minimum absolute atomic E-state index is 0.572. The van der Waals surface area contributed by atoms with E-state index in [1.165, 1.54) is 29.5 Å². The lowest BCUT2D eigenvalue weighted by atomic mass is 10.0. The smallest absolute Gasteiger partial charge is 0.123 e. The zero-order valence-electron chi connectivity index (χ0n) is 20.6. The Labute approximate surface area is 213 Å². The largest absolute Gasteiger partial charge is 0.360 e. The van der Waals surface area contributed by atoms with Gasteiger partial charge in [0.2, 0.25) is 0 Å². The van der Waals surface area contributed by atoms with Crippen molar-refractivity contribution >= 4 is 33.9 Å². The van der Waals surface area contributed by atoms with Gasteiger partial charge >= 0.3 is 0 Å². The van der Waals surface area contributed by atoms with Gasteiger partial charge in [-0.2, -0.15) is 0 Å². The SMILES string of the molecule is C=C(/N=C(\C(Cl)=C/C)c1c[nH]c2cc(C)ccc12)Nc1cc(CN2CCNCC2)cc(C2CC2)c1. The number of fused-ring (bicyclic) bond motifs is 1. The average molecular weight is 488 g/mol. The molecule has 2 fully saturated rings. The van der Waals surface area contributed by atoms with Crippen LogP contribution < -0.4 is 10.6 Å². The summed E-state index contributed by atoms with van der Waals surface area (Å²) in [6.07, 6.45) is 6.40. The quantitative estimate of drug-likeness (QED) is 0.328. The Kier molecular flexibility index (Phi) is 7.09. The molecule has 0 spiro atoms. The number of aryl methyl sites for hydroxylation is 1. The maximum absolute atomic E-state index is 6.65. The molecule has 0 amide bonds. The van der Waals surface area contributed by atoms with E-state index < -0.39 is 0 Å². The molecule has 0 atom stereocenters. The van der Waals surface area contributed by atoms with Gasteiger partial charge < -0.3 is 15.6 Å². The highest BCUT2D eigenvalue weighted by molar-refractivity contribution is 6.47. The molecule has 3 N–H and O–H groups in total. The number of anilines is 1. The van der Waals surface area contributed by atoms with E-state index in [-0.39, 0.29) is 0 Å². The third kappa shape index (κ3) is 5.69. The number of hydrogen-bond donors (Lipinski definition) is 3. The fourth-order valence-corrected chi connectivity index (χ4v) is 4.95. The van der Waals surface area contributed by atoms with Crippen molar-refractivity contribution in [3.05, 3.63) is 88.4 Å². The van der Waals surface area contributed by atoms with Gasteiger partial charge in [-0.25, -0.2) is 4.99 Å². The molecule has 0 bridgehead atoms. The van der Waals surface area contributed by atoms with Crippen molar-refractivity contribution in [1.29, 1.82) is 0 Å². The molecule has 2 aliphatic rings. The van der Waals surface area contributed by atoms with E-state index in [1.54, 1.807) is 0 Å². The maximum Gasteiger partial charge on any atom is 0.123 e. The number of aromatic amines is 1. The van der Waals surface area contributed by atoms with Crippen LogP contribution in [0.5, 0.6) is 0 Å². The number of piperazine rings is 1. The first-order valence-electron chi connectivity index (χ1n) is 12.5. The highest BCUT2D eigenvalue weighted by Crippen LogP contribution is 2.41. The van der Waals surface area contributed by atoms with Gasteiger partial charge in [-0.3, -0.25) is 4.90 Å². The fourth-order valence-electron chi connectivity index (χ4n) is 4.81. The van der Waals surface area contributed by atoms with Gasteiger partial charge in [-0.1, -0.05) is 42.5 Å². The molecule has 35 heavy (non-hydrogen) atoms. The lowest BCUT2D eigenvalue weighted by Crippen LogP contribution is -2.42. The monoisotopic (exact) mass is 487 g/mol. The Morgan fingerprint density at radius 1 is 1.20 bits per heavy atom. The molecule has 6 heteroatoms. The molecule has 1 aliphatic carbocycles. The van der Waals surface area contributed by atoms with E-state index in [2.05, 4.69) is 70.4 Å². The van der Waals surface area contributed by atoms with Gasteiger partial charge in [0.15, 0.2) is 0 Å². The summed E-state index contributed by atoms with van der Waals surface area (Å²) in [5, 5.41) is 8.59. The normalized spacial score (nSPS) is 17.7. The summed E-state index contributed by atoms with van der Waals surface area (Å²) in [5.41, 5.74) is 7.75. The van der Waals surface area contributed by atoms with Crippen LogP contribution in [0.3, 0.4) is 0 Å². The van der Waals surface area contributed by atoms with Crippen molar-refractivity contribution in [2.45, 2.75) is 39.2 Å². The molecule has 2 aromatic carbocycles. The van der Waals surface area contributed by atoms with Crippen LogP contribution >= 0.6 is 11.6 Å². The van der Waals surface area contributed by atoms with Gasteiger partial charge in [-0.05, 0) is 67.5 Å². The van der Waals surface area contributed by atoms with E-state index >= 15 is 0 Å². The van der Waals surface area contributed by atoms with Crippen molar-refractivity contribution in [1.82, 2.24) is 15.2 Å². The summed E-state index contributed by atoms with van der Waals surface area (Å²) >= 11 is 6.65. The number of aromatic nitrogens is 1. The Balaban J connectivity index is 1.42. The average Bonchev–Trinajstić information content (AvgIpc) is 3.63. The van der Waals surface area contributed by atoms with Gasteiger partial charge in [0.1, 0.15) is 5.82 Å². The number of hydrogen-bond acceptors (Lipinski definition) is 4. The Hall–Kier alpha value is -2.86. The molecule has 1 saturated carbocycles. The van der Waals surface area contributed by atoms with Crippen LogP contribution in [0.1, 0.15) is 47.9 Å². The standard InChI is InChI=1S/C29H34ClN5/c1-4-27(30)29(26-17-32-28-13-19(2)5-8-25(26)28)34-20(3)33-24-15-21(14-23(16-24)22-6-7-22)18-35-11-9-31-10-12-35/h4-5,8,13-17,22,31-33H,3,6-7,9-12,18H2,1-2H3/b27-4+,34-29-. The first kappa shape index (κ1) is 23.9. The van der Waals surface area contributed by atoms with Crippen LogP contribution in [0.25, 0.3) is 10.9 Å². The maximum atomic E-state index is 6.65. The van der Waals surface area contributed by atoms with E-state index in [0.29, 0.717) is 22.5 Å². The molecule has 2 heterocycles. The van der Waals surface area contributed by atoms with Crippen molar-refractivity contribution in [3.63, 3.8) is 0 Å². The Morgan fingerprint density at radius 3 is 2.74 bits per heavy atom. The van der Waals surface area contributed by atoms with Gasteiger partial charge in [-0.15, -0.1) is 0 Å². The molecule has 1 aromatic heterocycles. The summed E-state index contributed by atoms with van der Waals surface area (Å²) in [7, 11) is 0. The van der Waals surface area contributed by atoms with E-state index in [1.807, 2.05) is 19.2 Å². The minimum Gasteiger partial charge on any atom is -0.360 e. The third-order valence-corrected chi connectivity index (χ3v) is 7.18. The number of nitrogens with one attached hydrogen (secondary N) is 3. The molecule has 1 aliphatic heterocycles. The van der Waals surface area contributed by atoms with E-state index in [9.17, 15) is 0 Å². The number of benzene rings is 2. The first-order chi connectivity index (χ1) is 17.0. The van der Waals surface area contributed by atoms with Crippen LogP contribution in [0.4, 0.5) is 5.69 Å². The lowest BCUT2D eigenvalue weighted by Gasteiger charge is -2.27. The van der Waals surface area contributed by atoms with E-state index in [0.717, 1.165) is 54.9 Å². The second-order valence-corrected chi connectivity index (χ2v) is 10.1. The molecule has 0 radical (unpaired) electrons. The van der Waals surface area contributed by atoms with Crippen LogP contribution in [0.2, 0.25) is 0 Å². The molecule has 5 rings (SSSR count). The van der Waals surface area contributed by atoms with Crippen LogP contribution in [-0.2, 0) is 6.54 Å². The van der Waals surface area contributed by atoms with E-state index in [4.69, 9.17) is 16.6 Å². The van der Waals surface area contributed by atoms with Crippen molar-refractivity contribution in [2.24, 2.45) is 4.99 Å². The zero-order valence-corrected chi connectivity index (χ0v) is 21.4. The van der Waals surface area contributed by atoms with Crippen molar-refractivity contribution in [3.8, 4) is 0 Å². The summed E-state index contributed by atoms with van der Waals surface area (Å²) < 4.78 is 0.